The molecule has 0 unspecified atom stereocenters. The van der Waals surface area contributed by atoms with Crippen LogP contribution in [-0.4, -0.2) is 26.6 Å². The molecule has 1 aliphatic carbocycles. The van der Waals surface area contributed by atoms with E-state index < -0.39 is 21.9 Å². The van der Waals surface area contributed by atoms with Crippen molar-refractivity contribution in [2.75, 3.05) is 10.6 Å². The summed E-state index contributed by atoms with van der Waals surface area (Å²) in [4.78, 5) is 12.9. The summed E-state index contributed by atoms with van der Waals surface area (Å²) in [5.41, 5.74) is 2.54. The summed E-state index contributed by atoms with van der Waals surface area (Å²) in [6.45, 7) is 1.54. The standard InChI is InChI=1S/C20H23FN2O3S/c1-14(23(27(2,25)26)17-12-10-16(21)11-13-17)20(24)22-19-9-5-7-15-6-3-4-8-18(15)19/h3-4,6,8,10-14,19H,5,7,9H2,1-2H3,(H,22,24)/t14-,19-/m0/s1. The van der Waals surface area contributed by atoms with Crippen LogP contribution in [-0.2, 0) is 21.2 Å². The van der Waals surface area contributed by atoms with Crippen molar-refractivity contribution < 1.29 is 17.6 Å². The first kappa shape index (κ1) is 19.4. The van der Waals surface area contributed by atoms with Crippen molar-refractivity contribution in [3.63, 3.8) is 0 Å². The van der Waals surface area contributed by atoms with Crippen molar-refractivity contribution in [3.05, 3.63) is 65.5 Å². The number of hydrogen-bond acceptors (Lipinski definition) is 3. The smallest absolute Gasteiger partial charge is 0.244 e. The summed E-state index contributed by atoms with van der Waals surface area (Å²) < 4.78 is 38.8. The fourth-order valence-electron chi connectivity index (χ4n) is 3.59. The number of carbonyl (C=O) groups excluding carboxylic acids is 1. The zero-order valence-electron chi connectivity index (χ0n) is 15.4. The Morgan fingerprint density at radius 3 is 2.52 bits per heavy atom. The predicted octanol–water partition coefficient (Wildman–Crippen LogP) is 3.17. The fraction of sp³-hybridized carbons (Fsp3) is 0.350. The number of anilines is 1. The average Bonchev–Trinajstić information content (AvgIpc) is 2.62. The van der Waals surface area contributed by atoms with E-state index in [1.54, 1.807) is 0 Å². The van der Waals surface area contributed by atoms with Gasteiger partial charge in [0.15, 0.2) is 0 Å². The van der Waals surface area contributed by atoms with Crippen LogP contribution in [0, 0.1) is 5.82 Å². The minimum absolute atomic E-state index is 0.139. The Kier molecular flexibility index (Phi) is 5.51. The number of nitrogens with zero attached hydrogens (tertiary/aromatic N) is 1. The van der Waals surface area contributed by atoms with Crippen LogP contribution in [0.1, 0.15) is 36.9 Å². The number of hydrogen-bond donors (Lipinski definition) is 1. The average molecular weight is 390 g/mol. The van der Waals surface area contributed by atoms with Gasteiger partial charge >= 0.3 is 0 Å². The molecule has 0 radical (unpaired) electrons. The summed E-state index contributed by atoms with van der Waals surface area (Å²) in [5.74, 6) is -0.852. The summed E-state index contributed by atoms with van der Waals surface area (Å²) in [6.07, 6.45) is 3.79. The first-order chi connectivity index (χ1) is 12.8. The van der Waals surface area contributed by atoms with Gasteiger partial charge in [0.2, 0.25) is 15.9 Å². The molecule has 2 atom stereocenters. The Balaban J connectivity index is 1.84. The van der Waals surface area contributed by atoms with E-state index in [0.29, 0.717) is 0 Å². The lowest BCUT2D eigenvalue weighted by Crippen LogP contribution is -2.49. The maximum atomic E-state index is 13.2. The highest BCUT2D eigenvalue weighted by Gasteiger charge is 2.31. The van der Waals surface area contributed by atoms with Crippen LogP contribution in [0.5, 0.6) is 0 Å². The van der Waals surface area contributed by atoms with Gasteiger partial charge in [-0.15, -0.1) is 0 Å². The van der Waals surface area contributed by atoms with Gasteiger partial charge in [0.25, 0.3) is 0 Å². The van der Waals surface area contributed by atoms with E-state index in [1.165, 1.54) is 36.8 Å². The van der Waals surface area contributed by atoms with Crippen LogP contribution in [0.4, 0.5) is 10.1 Å². The van der Waals surface area contributed by atoms with Gasteiger partial charge in [0.1, 0.15) is 11.9 Å². The Labute approximate surface area is 159 Å². The van der Waals surface area contributed by atoms with Crippen LogP contribution in [0.2, 0.25) is 0 Å². The van der Waals surface area contributed by atoms with Crippen molar-refractivity contribution in [2.24, 2.45) is 0 Å². The van der Waals surface area contributed by atoms with Gasteiger partial charge in [-0.25, -0.2) is 12.8 Å². The highest BCUT2D eigenvalue weighted by atomic mass is 32.2. The van der Waals surface area contributed by atoms with Gasteiger partial charge in [-0.1, -0.05) is 24.3 Å². The molecule has 3 rings (SSSR count). The number of aryl methyl sites for hydroxylation is 1. The lowest BCUT2D eigenvalue weighted by atomic mass is 9.87. The van der Waals surface area contributed by atoms with Gasteiger partial charge in [-0.05, 0) is 61.6 Å². The molecule has 5 nitrogen and oxygen atoms in total. The maximum absolute atomic E-state index is 13.2. The van der Waals surface area contributed by atoms with Gasteiger partial charge in [-0.3, -0.25) is 9.10 Å². The number of benzene rings is 2. The van der Waals surface area contributed by atoms with Crippen LogP contribution in [0.25, 0.3) is 0 Å². The van der Waals surface area contributed by atoms with Crippen molar-refractivity contribution in [1.29, 1.82) is 0 Å². The molecule has 27 heavy (non-hydrogen) atoms. The number of nitrogens with one attached hydrogen (secondary N) is 1. The van der Waals surface area contributed by atoms with Crippen LogP contribution >= 0.6 is 0 Å². The molecule has 0 saturated heterocycles. The number of carbonyl (C=O) groups is 1. The SMILES string of the molecule is C[C@@H](C(=O)N[C@H]1CCCc2ccccc21)N(c1ccc(F)cc1)S(C)(=O)=O. The van der Waals surface area contributed by atoms with E-state index in [-0.39, 0.29) is 17.6 Å². The molecule has 0 aromatic heterocycles. The zero-order valence-corrected chi connectivity index (χ0v) is 16.2. The lowest BCUT2D eigenvalue weighted by Gasteiger charge is -2.31. The van der Waals surface area contributed by atoms with E-state index in [2.05, 4.69) is 11.4 Å². The minimum atomic E-state index is -3.73. The molecular formula is C20H23FN2O3S. The monoisotopic (exact) mass is 390 g/mol. The Morgan fingerprint density at radius 2 is 1.85 bits per heavy atom. The second kappa shape index (κ2) is 7.68. The molecule has 1 N–H and O–H groups in total. The zero-order chi connectivity index (χ0) is 19.6. The molecule has 1 amide bonds. The summed E-state index contributed by atoms with van der Waals surface area (Å²) in [6, 6.07) is 11.9. The molecule has 2 aromatic rings. The van der Waals surface area contributed by atoms with Crippen molar-refractivity contribution in [2.45, 2.75) is 38.3 Å². The number of amides is 1. The normalized spacial score (nSPS) is 17.7. The van der Waals surface area contributed by atoms with Crippen LogP contribution in [0.3, 0.4) is 0 Å². The molecule has 7 heteroatoms. The molecular weight excluding hydrogens is 367 g/mol. The van der Waals surface area contributed by atoms with Gasteiger partial charge in [0.05, 0.1) is 18.0 Å². The second-order valence-corrected chi connectivity index (χ2v) is 8.72. The first-order valence-corrected chi connectivity index (χ1v) is 10.8. The molecule has 0 bridgehead atoms. The second-order valence-electron chi connectivity index (χ2n) is 6.86. The van der Waals surface area contributed by atoms with Gasteiger partial charge in [0, 0.05) is 0 Å². The Bertz CT molecular complexity index is 928. The third-order valence-electron chi connectivity index (χ3n) is 4.86. The molecule has 0 spiro atoms. The molecule has 2 aromatic carbocycles. The molecule has 0 heterocycles. The van der Waals surface area contributed by atoms with Crippen LogP contribution < -0.4 is 9.62 Å². The molecule has 0 saturated carbocycles. The third kappa shape index (κ3) is 4.30. The van der Waals surface area contributed by atoms with E-state index in [4.69, 9.17) is 0 Å². The lowest BCUT2D eigenvalue weighted by molar-refractivity contribution is -0.122. The maximum Gasteiger partial charge on any atom is 0.244 e. The quantitative estimate of drug-likeness (QED) is 0.853. The van der Waals surface area contributed by atoms with E-state index in [1.807, 2.05) is 18.2 Å². The number of fused-ring (bicyclic) bond motifs is 1. The Morgan fingerprint density at radius 1 is 1.19 bits per heavy atom. The summed E-state index contributed by atoms with van der Waals surface area (Å²) in [7, 11) is -3.73. The van der Waals surface area contributed by atoms with Crippen molar-refractivity contribution >= 4 is 21.6 Å². The molecule has 0 fully saturated rings. The highest BCUT2D eigenvalue weighted by Crippen LogP contribution is 2.30. The van der Waals surface area contributed by atoms with Crippen molar-refractivity contribution in [3.8, 4) is 0 Å². The topological polar surface area (TPSA) is 66.5 Å². The predicted molar refractivity (Wildman–Crippen MR) is 103 cm³/mol. The molecule has 144 valence electrons. The molecule has 1 aliphatic rings. The number of rotatable bonds is 5. The van der Waals surface area contributed by atoms with Gasteiger partial charge < -0.3 is 5.32 Å². The Hall–Kier alpha value is -2.41. The first-order valence-electron chi connectivity index (χ1n) is 8.90. The fourth-order valence-corrected chi connectivity index (χ4v) is 4.77. The summed E-state index contributed by atoms with van der Waals surface area (Å²) in [5, 5.41) is 2.99. The largest absolute Gasteiger partial charge is 0.347 e. The number of halogens is 1. The van der Waals surface area contributed by atoms with E-state index >= 15 is 0 Å². The minimum Gasteiger partial charge on any atom is -0.347 e. The van der Waals surface area contributed by atoms with Gasteiger partial charge in [-0.2, -0.15) is 0 Å². The van der Waals surface area contributed by atoms with E-state index in [0.717, 1.165) is 35.4 Å². The molecule has 0 aliphatic heterocycles. The number of sulfonamides is 1. The van der Waals surface area contributed by atoms with E-state index in [9.17, 15) is 17.6 Å². The highest BCUT2D eigenvalue weighted by molar-refractivity contribution is 7.92. The van der Waals surface area contributed by atoms with Crippen molar-refractivity contribution in [1.82, 2.24) is 5.32 Å². The summed E-state index contributed by atoms with van der Waals surface area (Å²) >= 11 is 0. The third-order valence-corrected chi connectivity index (χ3v) is 6.10. The van der Waals surface area contributed by atoms with Crippen LogP contribution in [0.15, 0.2) is 48.5 Å².